The molecule has 0 unspecified atom stereocenters. The van der Waals surface area contributed by atoms with Crippen molar-refractivity contribution in [1.29, 1.82) is 0 Å². The minimum atomic E-state index is -0.632. The lowest BCUT2D eigenvalue weighted by Crippen LogP contribution is -2.46. The van der Waals surface area contributed by atoms with Gasteiger partial charge in [0, 0.05) is 29.1 Å². The number of nitrogens with two attached hydrogens (primary N) is 1. The van der Waals surface area contributed by atoms with Gasteiger partial charge in [-0.2, -0.15) is 0 Å². The third-order valence-corrected chi connectivity index (χ3v) is 5.23. The number of hydrogen-bond donors (Lipinski definition) is 3. The molecule has 2 aromatic rings. The zero-order valence-electron chi connectivity index (χ0n) is 18.0. The molecular formula is C23H31N3O3S. The van der Waals surface area contributed by atoms with Crippen LogP contribution in [0.5, 0.6) is 5.75 Å². The van der Waals surface area contributed by atoms with E-state index in [0.29, 0.717) is 18.5 Å². The second-order valence-corrected chi connectivity index (χ2v) is 9.38. The smallest absolute Gasteiger partial charge is 0.248 e. The summed E-state index contributed by atoms with van der Waals surface area (Å²) in [5.41, 5.74) is 6.71. The fourth-order valence-electron chi connectivity index (χ4n) is 2.92. The van der Waals surface area contributed by atoms with E-state index < -0.39 is 6.04 Å². The normalized spacial score (nSPS) is 13.6. The summed E-state index contributed by atoms with van der Waals surface area (Å²) in [6.45, 7) is 6.26. The number of amides is 2. The van der Waals surface area contributed by atoms with E-state index in [1.54, 1.807) is 48.8 Å². The van der Waals surface area contributed by atoms with E-state index in [2.05, 4.69) is 31.4 Å². The molecule has 30 heavy (non-hydrogen) atoms. The third-order valence-electron chi connectivity index (χ3n) is 4.34. The van der Waals surface area contributed by atoms with Gasteiger partial charge in [0.1, 0.15) is 5.75 Å². The molecule has 2 atom stereocenters. The Hall–Kier alpha value is -2.64. The van der Waals surface area contributed by atoms with E-state index in [1.165, 1.54) is 6.08 Å². The van der Waals surface area contributed by atoms with Crippen molar-refractivity contribution in [1.82, 2.24) is 5.32 Å². The first-order valence-corrected chi connectivity index (χ1v) is 10.8. The van der Waals surface area contributed by atoms with Crippen LogP contribution in [-0.2, 0) is 16.0 Å². The molecule has 0 spiro atoms. The van der Waals surface area contributed by atoms with Crippen molar-refractivity contribution in [2.45, 2.75) is 45.7 Å². The highest BCUT2D eigenvalue weighted by Crippen LogP contribution is 2.22. The molecule has 0 aliphatic heterocycles. The molecule has 0 fully saturated rings. The molecule has 1 heterocycles. The molecule has 0 aliphatic carbocycles. The molecule has 1 aromatic carbocycles. The predicted molar refractivity (Wildman–Crippen MR) is 123 cm³/mol. The Labute approximate surface area is 182 Å². The summed E-state index contributed by atoms with van der Waals surface area (Å²) in [4.78, 5) is 26.0. The van der Waals surface area contributed by atoms with Crippen molar-refractivity contribution < 1.29 is 14.3 Å². The number of thiophene rings is 1. The van der Waals surface area contributed by atoms with E-state index in [4.69, 9.17) is 10.5 Å². The van der Waals surface area contributed by atoms with Crippen LogP contribution >= 0.6 is 11.3 Å². The molecule has 7 heteroatoms. The molecule has 2 amide bonds. The van der Waals surface area contributed by atoms with Gasteiger partial charge in [-0.15, -0.1) is 11.3 Å². The van der Waals surface area contributed by atoms with Gasteiger partial charge in [-0.1, -0.05) is 32.9 Å². The first-order chi connectivity index (χ1) is 14.2. The van der Waals surface area contributed by atoms with Crippen LogP contribution in [0.1, 0.15) is 32.1 Å². The fourth-order valence-corrected chi connectivity index (χ4v) is 3.68. The number of carbonyl (C=O) groups excluding carboxylic acids is 2. The van der Waals surface area contributed by atoms with Crippen molar-refractivity contribution in [3.8, 4) is 5.75 Å². The lowest BCUT2D eigenvalue weighted by Gasteiger charge is -2.25. The van der Waals surface area contributed by atoms with Crippen LogP contribution in [0.4, 0.5) is 5.69 Å². The second-order valence-electron chi connectivity index (χ2n) is 8.35. The van der Waals surface area contributed by atoms with Gasteiger partial charge in [0.25, 0.3) is 0 Å². The number of nitrogens with one attached hydrogen (secondary N) is 2. The zero-order valence-corrected chi connectivity index (χ0v) is 18.8. The summed E-state index contributed by atoms with van der Waals surface area (Å²) in [6, 6.07) is 10.1. The van der Waals surface area contributed by atoms with Crippen molar-refractivity contribution in [3.63, 3.8) is 0 Å². The highest BCUT2D eigenvalue weighted by molar-refractivity contribution is 7.09. The molecule has 2 rings (SSSR count). The summed E-state index contributed by atoms with van der Waals surface area (Å²) in [7, 11) is 1.59. The van der Waals surface area contributed by atoms with E-state index in [0.717, 1.165) is 10.6 Å². The Morgan fingerprint density at radius 1 is 1.20 bits per heavy atom. The summed E-state index contributed by atoms with van der Waals surface area (Å²) in [5, 5.41) is 7.74. The summed E-state index contributed by atoms with van der Waals surface area (Å²) in [5.74, 6) is 0.226. The largest absolute Gasteiger partial charge is 0.497 e. The van der Waals surface area contributed by atoms with Crippen molar-refractivity contribution in [2.24, 2.45) is 11.1 Å². The van der Waals surface area contributed by atoms with Gasteiger partial charge in [0.2, 0.25) is 11.8 Å². The van der Waals surface area contributed by atoms with Crippen LogP contribution < -0.4 is 21.1 Å². The molecule has 0 saturated carbocycles. The highest BCUT2D eigenvalue weighted by atomic mass is 32.1. The van der Waals surface area contributed by atoms with Gasteiger partial charge in [-0.3, -0.25) is 9.59 Å². The van der Waals surface area contributed by atoms with Crippen LogP contribution in [0.3, 0.4) is 0 Å². The van der Waals surface area contributed by atoms with Crippen LogP contribution in [0.2, 0.25) is 0 Å². The van der Waals surface area contributed by atoms with Gasteiger partial charge in [-0.05, 0) is 47.5 Å². The fraction of sp³-hybridized carbons (Fsp3) is 0.391. The van der Waals surface area contributed by atoms with Gasteiger partial charge in [-0.25, -0.2) is 0 Å². The van der Waals surface area contributed by atoms with Gasteiger partial charge < -0.3 is 21.1 Å². The number of anilines is 1. The molecule has 0 bridgehead atoms. The van der Waals surface area contributed by atoms with Crippen LogP contribution in [-0.4, -0.2) is 31.0 Å². The van der Waals surface area contributed by atoms with Crippen molar-refractivity contribution in [3.05, 3.63) is 58.8 Å². The third kappa shape index (κ3) is 8.39. The Bertz CT molecular complexity index is 840. The lowest BCUT2D eigenvalue weighted by atomic mass is 9.87. The van der Waals surface area contributed by atoms with Crippen LogP contribution in [0.15, 0.2) is 53.9 Å². The average Bonchev–Trinajstić information content (AvgIpc) is 3.18. The second kappa shape index (κ2) is 10.9. The lowest BCUT2D eigenvalue weighted by molar-refractivity contribution is -0.123. The molecule has 0 radical (unpaired) electrons. The molecule has 6 nitrogen and oxygen atoms in total. The maximum atomic E-state index is 12.6. The predicted octanol–water partition coefficient (Wildman–Crippen LogP) is 3.74. The molecule has 1 aromatic heterocycles. The Kier molecular flexibility index (Phi) is 8.62. The molecular weight excluding hydrogens is 398 g/mol. The van der Waals surface area contributed by atoms with Crippen LogP contribution in [0.25, 0.3) is 0 Å². The number of ether oxygens (including phenoxy) is 1. The Balaban J connectivity index is 1.98. The highest BCUT2D eigenvalue weighted by Gasteiger charge is 2.22. The topological polar surface area (TPSA) is 93.5 Å². The number of hydrogen-bond acceptors (Lipinski definition) is 5. The van der Waals surface area contributed by atoms with Gasteiger partial charge in [0.05, 0.1) is 13.2 Å². The first-order valence-electron chi connectivity index (χ1n) is 9.88. The van der Waals surface area contributed by atoms with Gasteiger partial charge >= 0.3 is 0 Å². The zero-order chi connectivity index (χ0) is 22.1. The van der Waals surface area contributed by atoms with Gasteiger partial charge in [0.15, 0.2) is 0 Å². The van der Waals surface area contributed by atoms with E-state index >= 15 is 0 Å². The SMILES string of the molecule is COc1ccc(NC(=O)/C=C/[C@H](CC(C)(C)C)NC(=O)[C@@H](N)Cc2cccs2)cc1. The maximum absolute atomic E-state index is 12.6. The summed E-state index contributed by atoms with van der Waals surface area (Å²) >= 11 is 1.58. The molecule has 4 N–H and O–H groups in total. The van der Waals surface area contributed by atoms with Crippen molar-refractivity contribution >= 4 is 28.8 Å². The van der Waals surface area contributed by atoms with Crippen molar-refractivity contribution in [2.75, 3.05) is 12.4 Å². The first kappa shape index (κ1) is 23.6. The number of methoxy groups -OCH3 is 1. The Morgan fingerprint density at radius 3 is 2.47 bits per heavy atom. The Morgan fingerprint density at radius 2 is 1.90 bits per heavy atom. The number of benzene rings is 1. The average molecular weight is 430 g/mol. The minimum absolute atomic E-state index is 0.0351. The van der Waals surface area contributed by atoms with Crippen LogP contribution in [0, 0.1) is 5.41 Å². The standard InChI is InChI=1S/C23H31N3O3S/c1-23(2,3)15-17(26-22(28)20(24)14-19-6-5-13-30-19)9-12-21(27)25-16-7-10-18(29-4)11-8-16/h5-13,17,20H,14-15,24H2,1-4H3,(H,25,27)(H,26,28)/b12-9+/t17-,20+/m1/s1. The molecule has 0 saturated heterocycles. The van der Waals surface area contributed by atoms with E-state index in [-0.39, 0.29) is 23.3 Å². The number of carbonyl (C=O) groups is 2. The monoisotopic (exact) mass is 429 g/mol. The quantitative estimate of drug-likeness (QED) is 0.529. The maximum Gasteiger partial charge on any atom is 0.248 e. The minimum Gasteiger partial charge on any atom is -0.497 e. The number of rotatable bonds is 9. The summed E-state index contributed by atoms with van der Waals surface area (Å²) < 4.78 is 5.11. The molecule has 162 valence electrons. The van der Waals surface area contributed by atoms with E-state index in [1.807, 2.05) is 17.5 Å². The molecule has 0 aliphatic rings. The summed E-state index contributed by atoms with van der Waals surface area (Å²) in [6.07, 6.45) is 4.34. The van der Waals surface area contributed by atoms with E-state index in [9.17, 15) is 9.59 Å².